The van der Waals surface area contributed by atoms with Gasteiger partial charge in [0.25, 0.3) is 0 Å². The first kappa shape index (κ1) is 16.5. The fraction of sp³-hybridized carbons (Fsp3) is 0.143. The van der Waals surface area contributed by atoms with E-state index >= 15 is 0 Å². The zero-order valence-electron chi connectivity index (χ0n) is 14.8. The van der Waals surface area contributed by atoms with Crippen molar-refractivity contribution >= 4 is 39.7 Å². The van der Waals surface area contributed by atoms with Crippen molar-refractivity contribution in [3.63, 3.8) is 0 Å². The number of nitrogens with one attached hydrogen (secondary N) is 2. The topological polar surface area (TPSA) is 49.8 Å². The molecule has 4 nitrogen and oxygen atoms in total. The summed E-state index contributed by atoms with van der Waals surface area (Å²) in [7, 11) is 0. The third-order valence-corrected chi connectivity index (χ3v) is 5.25. The van der Waals surface area contributed by atoms with Gasteiger partial charge in [0.2, 0.25) is 5.95 Å². The summed E-state index contributed by atoms with van der Waals surface area (Å²) in [6, 6.07) is 18.5. The first-order valence-electron chi connectivity index (χ1n) is 8.56. The SMILES string of the molecule is Cc1ccc(Nc2nc(NCc3cccs3)c3ccccc3n2)cc1C. The van der Waals surface area contributed by atoms with Gasteiger partial charge in [-0.25, -0.2) is 4.98 Å². The molecular weight excluding hydrogens is 340 g/mol. The maximum Gasteiger partial charge on any atom is 0.229 e. The van der Waals surface area contributed by atoms with Gasteiger partial charge in [-0.3, -0.25) is 0 Å². The Bertz CT molecular complexity index is 1040. The standard InChI is InChI=1S/C21H20N4S/c1-14-9-10-16(12-15(14)2)23-21-24-19-8-4-3-7-18(19)20(25-21)22-13-17-6-5-11-26-17/h3-12H,13H2,1-2H3,(H2,22,23,24,25). The molecule has 0 bridgehead atoms. The van der Waals surface area contributed by atoms with Crippen molar-refractivity contribution in [1.29, 1.82) is 0 Å². The molecule has 0 spiro atoms. The van der Waals surface area contributed by atoms with E-state index in [1.807, 2.05) is 24.3 Å². The minimum absolute atomic E-state index is 0.598. The highest BCUT2D eigenvalue weighted by atomic mass is 32.1. The summed E-state index contributed by atoms with van der Waals surface area (Å²) in [5.74, 6) is 1.44. The largest absolute Gasteiger partial charge is 0.364 e. The maximum absolute atomic E-state index is 4.72. The Hall–Kier alpha value is -2.92. The summed E-state index contributed by atoms with van der Waals surface area (Å²) in [5, 5.41) is 9.90. The summed E-state index contributed by atoms with van der Waals surface area (Å²) in [4.78, 5) is 10.7. The number of para-hydroxylation sites is 1. The second kappa shape index (κ2) is 7.14. The molecule has 130 valence electrons. The first-order valence-corrected chi connectivity index (χ1v) is 9.44. The molecule has 2 aromatic heterocycles. The van der Waals surface area contributed by atoms with Crippen LogP contribution in [-0.2, 0) is 6.54 Å². The molecule has 0 aliphatic rings. The minimum atomic E-state index is 0.598. The van der Waals surface area contributed by atoms with Gasteiger partial charge in [0.1, 0.15) is 5.82 Å². The molecule has 0 unspecified atom stereocenters. The van der Waals surface area contributed by atoms with Gasteiger partial charge in [0.15, 0.2) is 0 Å². The molecule has 5 heteroatoms. The number of thiophene rings is 1. The lowest BCUT2D eigenvalue weighted by molar-refractivity contribution is 1.13. The van der Waals surface area contributed by atoms with Crippen molar-refractivity contribution in [1.82, 2.24) is 9.97 Å². The Kier molecular flexibility index (Phi) is 4.54. The molecule has 26 heavy (non-hydrogen) atoms. The minimum Gasteiger partial charge on any atom is -0.364 e. The highest BCUT2D eigenvalue weighted by Gasteiger charge is 2.08. The van der Waals surface area contributed by atoms with E-state index in [0.29, 0.717) is 5.95 Å². The monoisotopic (exact) mass is 360 g/mol. The fourth-order valence-corrected chi connectivity index (χ4v) is 3.44. The lowest BCUT2D eigenvalue weighted by atomic mass is 10.1. The molecule has 0 radical (unpaired) electrons. The predicted octanol–water partition coefficient (Wildman–Crippen LogP) is 5.66. The van der Waals surface area contributed by atoms with Crippen molar-refractivity contribution in [2.24, 2.45) is 0 Å². The maximum atomic E-state index is 4.72. The smallest absolute Gasteiger partial charge is 0.229 e. The van der Waals surface area contributed by atoms with E-state index in [-0.39, 0.29) is 0 Å². The van der Waals surface area contributed by atoms with Crippen molar-refractivity contribution in [3.05, 3.63) is 76.0 Å². The first-order chi connectivity index (χ1) is 12.7. The highest BCUT2D eigenvalue weighted by Crippen LogP contribution is 2.25. The van der Waals surface area contributed by atoms with E-state index in [9.17, 15) is 0 Å². The number of hydrogen-bond donors (Lipinski definition) is 2. The van der Waals surface area contributed by atoms with Gasteiger partial charge in [0.05, 0.1) is 12.1 Å². The van der Waals surface area contributed by atoms with E-state index in [1.54, 1.807) is 11.3 Å². The molecule has 0 amide bonds. The average Bonchev–Trinajstić information content (AvgIpc) is 3.16. The Morgan fingerprint density at radius 2 is 1.81 bits per heavy atom. The van der Waals surface area contributed by atoms with Crippen LogP contribution in [0.3, 0.4) is 0 Å². The number of fused-ring (bicyclic) bond motifs is 1. The van der Waals surface area contributed by atoms with Crippen LogP contribution in [0.25, 0.3) is 10.9 Å². The van der Waals surface area contributed by atoms with Crippen LogP contribution < -0.4 is 10.6 Å². The molecular formula is C21H20N4S. The number of rotatable bonds is 5. The Morgan fingerprint density at radius 1 is 0.923 bits per heavy atom. The van der Waals surface area contributed by atoms with Crippen LogP contribution >= 0.6 is 11.3 Å². The number of hydrogen-bond acceptors (Lipinski definition) is 5. The summed E-state index contributed by atoms with van der Waals surface area (Å²) in [6.45, 7) is 4.97. The van der Waals surface area contributed by atoms with Gasteiger partial charge in [-0.05, 0) is 60.7 Å². The van der Waals surface area contributed by atoms with Gasteiger partial charge < -0.3 is 10.6 Å². The van der Waals surface area contributed by atoms with Crippen LogP contribution in [0.2, 0.25) is 0 Å². The zero-order chi connectivity index (χ0) is 17.9. The molecule has 2 N–H and O–H groups in total. The van der Waals surface area contributed by atoms with Crippen LogP contribution in [-0.4, -0.2) is 9.97 Å². The normalized spacial score (nSPS) is 10.8. The summed E-state index contributed by atoms with van der Waals surface area (Å²) in [6.07, 6.45) is 0. The van der Waals surface area contributed by atoms with Crippen LogP contribution in [0.4, 0.5) is 17.5 Å². The molecule has 0 aliphatic carbocycles. The van der Waals surface area contributed by atoms with Crippen molar-refractivity contribution in [2.75, 3.05) is 10.6 Å². The van der Waals surface area contributed by atoms with Gasteiger partial charge in [-0.2, -0.15) is 4.98 Å². The number of aryl methyl sites for hydroxylation is 2. The van der Waals surface area contributed by atoms with Gasteiger partial charge in [-0.15, -0.1) is 11.3 Å². The van der Waals surface area contributed by atoms with E-state index in [1.165, 1.54) is 16.0 Å². The average molecular weight is 360 g/mol. The molecule has 2 aromatic carbocycles. The van der Waals surface area contributed by atoms with Gasteiger partial charge in [-0.1, -0.05) is 24.3 Å². The lowest BCUT2D eigenvalue weighted by Gasteiger charge is -2.12. The van der Waals surface area contributed by atoms with Crippen molar-refractivity contribution in [3.8, 4) is 0 Å². The Morgan fingerprint density at radius 3 is 2.62 bits per heavy atom. The number of anilines is 3. The summed E-state index contributed by atoms with van der Waals surface area (Å²) in [5.41, 5.74) is 4.43. The number of aromatic nitrogens is 2. The predicted molar refractivity (Wildman–Crippen MR) is 110 cm³/mol. The van der Waals surface area contributed by atoms with Crippen LogP contribution in [0.1, 0.15) is 16.0 Å². The molecule has 4 aromatic rings. The molecule has 0 fully saturated rings. The summed E-state index contributed by atoms with van der Waals surface area (Å²) >= 11 is 1.74. The quantitative estimate of drug-likeness (QED) is 0.482. The second-order valence-corrected chi connectivity index (χ2v) is 7.30. The number of benzene rings is 2. The number of nitrogens with zero attached hydrogens (tertiary/aromatic N) is 2. The van der Waals surface area contributed by atoms with E-state index in [4.69, 9.17) is 4.98 Å². The van der Waals surface area contributed by atoms with Crippen LogP contribution in [0, 0.1) is 13.8 Å². The van der Waals surface area contributed by atoms with Crippen molar-refractivity contribution < 1.29 is 0 Å². The molecule has 0 saturated heterocycles. The second-order valence-electron chi connectivity index (χ2n) is 6.27. The van der Waals surface area contributed by atoms with Gasteiger partial charge in [0, 0.05) is 16.0 Å². The fourth-order valence-electron chi connectivity index (χ4n) is 2.80. The Balaban J connectivity index is 1.67. The third-order valence-electron chi connectivity index (χ3n) is 4.38. The lowest BCUT2D eigenvalue weighted by Crippen LogP contribution is -2.05. The van der Waals surface area contributed by atoms with Gasteiger partial charge >= 0.3 is 0 Å². The highest BCUT2D eigenvalue weighted by molar-refractivity contribution is 7.09. The van der Waals surface area contributed by atoms with E-state index < -0.39 is 0 Å². The third kappa shape index (κ3) is 3.53. The molecule has 0 saturated carbocycles. The van der Waals surface area contributed by atoms with Crippen LogP contribution in [0.15, 0.2) is 60.0 Å². The summed E-state index contributed by atoms with van der Waals surface area (Å²) < 4.78 is 0. The molecule has 4 rings (SSSR count). The van der Waals surface area contributed by atoms with Crippen molar-refractivity contribution in [2.45, 2.75) is 20.4 Å². The molecule has 0 aliphatic heterocycles. The van der Waals surface area contributed by atoms with E-state index in [2.05, 4.69) is 65.2 Å². The molecule has 0 atom stereocenters. The van der Waals surface area contributed by atoms with E-state index in [0.717, 1.165) is 29.0 Å². The zero-order valence-corrected chi connectivity index (χ0v) is 15.6. The Labute approximate surface area is 157 Å². The van der Waals surface area contributed by atoms with Crippen LogP contribution in [0.5, 0.6) is 0 Å². The molecule has 2 heterocycles.